The van der Waals surface area contributed by atoms with Gasteiger partial charge < -0.3 is 35.6 Å². The monoisotopic (exact) mass is 546 g/mol. The van der Waals surface area contributed by atoms with Gasteiger partial charge in [-0.1, -0.05) is 12.1 Å². The molecule has 0 saturated carbocycles. The zero-order valence-electron chi connectivity index (χ0n) is 21.6. The molecule has 4 rings (SSSR count). The van der Waals surface area contributed by atoms with E-state index in [0.717, 1.165) is 11.1 Å². The van der Waals surface area contributed by atoms with Gasteiger partial charge in [-0.2, -0.15) is 0 Å². The van der Waals surface area contributed by atoms with Crippen molar-refractivity contribution in [2.45, 2.75) is 36.7 Å². The molecule has 2 aliphatic rings. The third kappa shape index (κ3) is 5.51. The average molecular weight is 547 g/mol. The highest BCUT2D eigenvalue weighted by molar-refractivity contribution is 7.99. The van der Waals surface area contributed by atoms with E-state index in [1.807, 2.05) is 37.2 Å². The van der Waals surface area contributed by atoms with Crippen LogP contribution in [-0.2, 0) is 9.53 Å². The summed E-state index contributed by atoms with van der Waals surface area (Å²) < 4.78 is 5.71. The van der Waals surface area contributed by atoms with Crippen LogP contribution in [0.15, 0.2) is 30.3 Å². The van der Waals surface area contributed by atoms with E-state index in [1.165, 1.54) is 23.6 Å². The maximum absolute atomic E-state index is 13.2. The summed E-state index contributed by atoms with van der Waals surface area (Å²) in [7, 11) is 3.84. The molecular formula is C26H34N4O7S. The lowest BCUT2D eigenvalue weighted by atomic mass is 9.93. The predicted molar refractivity (Wildman–Crippen MR) is 144 cm³/mol. The molecule has 2 heterocycles. The van der Waals surface area contributed by atoms with Crippen molar-refractivity contribution >= 4 is 45.9 Å². The Labute approximate surface area is 225 Å². The maximum Gasteiger partial charge on any atom is 0.261 e. The Morgan fingerprint density at radius 2 is 1.79 bits per heavy atom. The molecule has 11 nitrogen and oxygen atoms in total. The van der Waals surface area contributed by atoms with Gasteiger partial charge in [-0.25, -0.2) is 0 Å². The van der Waals surface area contributed by atoms with Crippen molar-refractivity contribution in [2.24, 2.45) is 0 Å². The number of thioether (sulfide) groups is 1. The quantitative estimate of drug-likeness (QED) is 0.200. The molecule has 12 heteroatoms. The van der Waals surface area contributed by atoms with Crippen molar-refractivity contribution in [3.05, 3.63) is 41.5 Å². The molecule has 5 N–H and O–H groups in total. The first kappa shape index (κ1) is 28.3. The van der Waals surface area contributed by atoms with Crippen LogP contribution in [0.4, 0.5) is 5.69 Å². The van der Waals surface area contributed by atoms with Crippen LogP contribution in [0, 0.1) is 0 Å². The molecule has 0 aromatic heterocycles. The second kappa shape index (κ2) is 12.0. The molecule has 0 unspecified atom stereocenters. The number of hydrogen-bond acceptors (Lipinski definition) is 10. The number of imide groups is 1. The highest BCUT2D eigenvalue weighted by Crippen LogP contribution is 2.35. The number of hydrogen-bond donors (Lipinski definition) is 5. The Balaban J connectivity index is 1.33. The molecule has 2 aromatic rings. The van der Waals surface area contributed by atoms with Gasteiger partial charge in [0.15, 0.2) is 0 Å². The van der Waals surface area contributed by atoms with Gasteiger partial charge in [0.25, 0.3) is 11.8 Å². The molecule has 1 fully saturated rings. The van der Waals surface area contributed by atoms with E-state index in [1.54, 1.807) is 12.1 Å². The van der Waals surface area contributed by atoms with Crippen molar-refractivity contribution in [1.29, 1.82) is 0 Å². The van der Waals surface area contributed by atoms with Crippen molar-refractivity contribution in [2.75, 3.05) is 51.0 Å². The fraction of sp³-hybridized carbons (Fsp3) is 0.500. The van der Waals surface area contributed by atoms with E-state index in [0.29, 0.717) is 35.4 Å². The van der Waals surface area contributed by atoms with Gasteiger partial charge in [0.2, 0.25) is 5.91 Å². The number of carbonyl (C=O) groups is 3. The van der Waals surface area contributed by atoms with Crippen LogP contribution in [0.1, 0.15) is 27.6 Å². The van der Waals surface area contributed by atoms with Gasteiger partial charge in [0.1, 0.15) is 23.7 Å². The van der Waals surface area contributed by atoms with Crippen molar-refractivity contribution in [3.8, 4) is 0 Å². The van der Waals surface area contributed by atoms with E-state index < -0.39 is 36.4 Å². The largest absolute Gasteiger partial charge is 0.394 e. The highest BCUT2D eigenvalue weighted by atomic mass is 32.2. The Bertz CT molecular complexity index is 1190. The summed E-state index contributed by atoms with van der Waals surface area (Å²) in [5.74, 6) is -0.505. The predicted octanol–water partition coefficient (Wildman–Crippen LogP) is -0.232. The number of nitrogens with zero attached hydrogens (tertiary/aromatic N) is 2. The molecule has 206 valence electrons. The van der Waals surface area contributed by atoms with E-state index >= 15 is 0 Å². The fourth-order valence-corrected chi connectivity index (χ4v) is 6.05. The number of rotatable bonds is 10. The minimum absolute atomic E-state index is 0.194. The first-order valence-corrected chi connectivity index (χ1v) is 13.5. The van der Waals surface area contributed by atoms with Crippen LogP contribution < -0.4 is 15.5 Å². The van der Waals surface area contributed by atoms with E-state index in [-0.39, 0.29) is 24.3 Å². The minimum Gasteiger partial charge on any atom is -0.394 e. The van der Waals surface area contributed by atoms with Gasteiger partial charge in [0.05, 0.1) is 12.6 Å². The van der Waals surface area contributed by atoms with Crippen LogP contribution in [0.3, 0.4) is 0 Å². The number of aliphatic hydroxyl groups is 3. The van der Waals surface area contributed by atoms with Crippen LogP contribution in [0.2, 0.25) is 0 Å². The van der Waals surface area contributed by atoms with Gasteiger partial charge in [-0.3, -0.25) is 19.3 Å². The van der Waals surface area contributed by atoms with Gasteiger partial charge >= 0.3 is 0 Å². The molecular weight excluding hydrogens is 512 g/mol. The SMILES string of the molecule is CC(=O)N[C@@H]1[C@@H](O)[C@H](O)[C@@H](CO)O[C@H]1SCCNCCN1C(=O)c2cccc3c(N(C)C)ccc(c23)C1=O. The Hall–Kier alpha value is -2.74. The third-order valence-corrected chi connectivity index (χ3v) is 7.95. The number of anilines is 1. The maximum atomic E-state index is 13.2. The molecule has 3 amide bonds. The molecule has 0 aliphatic carbocycles. The van der Waals surface area contributed by atoms with E-state index in [4.69, 9.17) is 4.74 Å². The Kier molecular flexibility index (Phi) is 8.91. The van der Waals surface area contributed by atoms with Crippen LogP contribution >= 0.6 is 11.8 Å². The Morgan fingerprint density at radius 3 is 2.45 bits per heavy atom. The normalized spacial score (nSPS) is 25.1. The number of ether oxygens (including phenoxy) is 1. The standard InChI is InChI=1S/C26H34N4O7S/c1-14(32)28-21-23(34)22(33)19(13-31)37-26(21)38-12-10-27-9-11-30-24(35)16-6-4-5-15-18(29(2)3)8-7-17(20(15)16)25(30)36/h4-8,19,21-23,26-27,31,33-34H,9-13H2,1-3H3,(H,28,32)/t19-,21-,22-,23-,26+/m1/s1. The van der Waals surface area contributed by atoms with Gasteiger partial charge in [-0.15, -0.1) is 11.8 Å². The fourth-order valence-electron chi connectivity index (χ4n) is 4.90. The molecule has 5 atom stereocenters. The number of amides is 3. The lowest BCUT2D eigenvalue weighted by molar-refractivity contribution is -0.173. The molecule has 0 spiro atoms. The lowest BCUT2D eigenvalue weighted by Gasteiger charge is -2.42. The first-order chi connectivity index (χ1) is 18.1. The number of nitrogens with one attached hydrogen (secondary N) is 2. The zero-order valence-corrected chi connectivity index (χ0v) is 22.4. The summed E-state index contributed by atoms with van der Waals surface area (Å²) in [6.45, 7) is 1.91. The van der Waals surface area contributed by atoms with Crippen LogP contribution in [0.5, 0.6) is 0 Å². The summed E-state index contributed by atoms with van der Waals surface area (Å²) >= 11 is 1.32. The molecule has 38 heavy (non-hydrogen) atoms. The smallest absolute Gasteiger partial charge is 0.261 e. The summed E-state index contributed by atoms with van der Waals surface area (Å²) in [4.78, 5) is 41.2. The Morgan fingerprint density at radius 1 is 1.08 bits per heavy atom. The summed E-state index contributed by atoms with van der Waals surface area (Å²) in [6.07, 6.45) is -3.57. The van der Waals surface area contributed by atoms with Crippen LogP contribution in [0.25, 0.3) is 10.8 Å². The number of benzene rings is 2. The second-order valence-electron chi connectivity index (χ2n) is 9.57. The molecule has 2 aliphatic heterocycles. The topological polar surface area (TPSA) is 152 Å². The summed E-state index contributed by atoms with van der Waals surface area (Å²) in [6, 6.07) is 8.32. The third-order valence-electron chi connectivity index (χ3n) is 6.77. The zero-order chi connectivity index (χ0) is 27.6. The summed E-state index contributed by atoms with van der Waals surface area (Å²) in [5.41, 5.74) is 1.28. The minimum atomic E-state index is -1.32. The number of carbonyl (C=O) groups excluding carboxylic acids is 3. The van der Waals surface area contributed by atoms with E-state index in [2.05, 4.69) is 10.6 Å². The van der Waals surface area contributed by atoms with Crippen molar-refractivity contribution in [3.63, 3.8) is 0 Å². The second-order valence-corrected chi connectivity index (χ2v) is 10.8. The molecule has 0 radical (unpaired) electrons. The van der Waals surface area contributed by atoms with Gasteiger partial charge in [0, 0.05) is 74.0 Å². The lowest BCUT2D eigenvalue weighted by Crippen LogP contribution is -2.63. The van der Waals surface area contributed by atoms with Crippen molar-refractivity contribution in [1.82, 2.24) is 15.5 Å². The van der Waals surface area contributed by atoms with Gasteiger partial charge in [-0.05, 0) is 18.2 Å². The molecule has 1 saturated heterocycles. The number of aliphatic hydroxyl groups excluding tert-OH is 3. The average Bonchev–Trinajstić information content (AvgIpc) is 2.89. The van der Waals surface area contributed by atoms with Crippen molar-refractivity contribution < 1.29 is 34.4 Å². The molecule has 2 aromatic carbocycles. The molecule has 0 bridgehead atoms. The highest BCUT2D eigenvalue weighted by Gasteiger charge is 2.44. The summed E-state index contributed by atoms with van der Waals surface area (Å²) in [5, 5.41) is 37.3. The first-order valence-electron chi connectivity index (χ1n) is 12.5. The van der Waals surface area contributed by atoms with E-state index in [9.17, 15) is 29.7 Å². The van der Waals surface area contributed by atoms with Crippen LogP contribution in [-0.4, -0.2) is 114 Å².